The van der Waals surface area contributed by atoms with Gasteiger partial charge in [-0.3, -0.25) is 19.3 Å². The minimum Gasteiger partial charge on any atom is -0.480 e. The number of carbonyl (C=O) groups excluding carboxylic acids is 3. The molecule has 0 saturated carbocycles. The number of hydrogen-bond acceptors (Lipinski definition) is 4. The second-order valence-corrected chi connectivity index (χ2v) is 7.66. The summed E-state index contributed by atoms with van der Waals surface area (Å²) in [5.74, 6) is -2.09. The first kappa shape index (κ1) is 20.5. The molecule has 2 aromatic carbocycles. The van der Waals surface area contributed by atoms with Crippen molar-refractivity contribution in [2.75, 3.05) is 6.54 Å². The number of rotatable bonds is 8. The molecule has 0 radical (unpaired) electrons. The maximum absolute atomic E-state index is 12.8. The number of nitrogens with zero attached hydrogens (tertiary/aromatic N) is 1. The van der Waals surface area contributed by atoms with Crippen LogP contribution in [0.1, 0.15) is 53.8 Å². The lowest BCUT2D eigenvalue weighted by Gasteiger charge is -2.27. The van der Waals surface area contributed by atoms with Gasteiger partial charge in [0.2, 0.25) is 5.91 Å². The van der Waals surface area contributed by atoms with Crippen LogP contribution < -0.4 is 5.32 Å². The molecule has 1 aliphatic rings. The fraction of sp³-hybridized carbons (Fsp3) is 0.364. The molecule has 1 aliphatic heterocycles. The molecule has 3 amide bonds. The van der Waals surface area contributed by atoms with Crippen molar-refractivity contribution >= 4 is 34.5 Å². The number of hydrogen-bond donors (Lipinski definition) is 2. The molecule has 1 unspecified atom stereocenters. The Morgan fingerprint density at radius 2 is 1.62 bits per heavy atom. The van der Waals surface area contributed by atoms with E-state index < -0.39 is 17.9 Å². The number of carboxylic acid groups (broad SMARTS) is 1. The van der Waals surface area contributed by atoms with Gasteiger partial charge in [-0.2, -0.15) is 0 Å². The number of imide groups is 1. The van der Waals surface area contributed by atoms with Gasteiger partial charge in [-0.25, -0.2) is 4.79 Å². The molecule has 3 rings (SSSR count). The average Bonchev–Trinajstić information content (AvgIpc) is 2.67. The van der Waals surface area contributed by atoms with Gasteiger partial charge in [0.15, 0.2) is 0 Å². The van der Waals surface area contributed by atoms with Crippen molar-refractivity contribution in [1.82, 2.24) is 10.2 Å². The third-order valence-electron chi connectivity index (χ3n) is 4.98. The monoisotopic (exact) mass is 396 g/mol. The van der Waals surface area contributed by atoms with E-state index in [0.29, 0.717) is 22.9 Å². The van der Waals surface area contributed by atoms with Gasteiger partial charge in [0, 0.05) is 29.5 Å². The van der Waals surface area contributed by atoms with Crippen LogP contribution in [0.2, 0.25) is 0 Å². The van der Waals surface area contributed by atoms with E-state index in [2.05, 4.69) is 5.32 Å². The van der Waals surface area contributed by atoms with Gasteiger partial charge in [0.1, 0.15) is 6.04 Å². The van der Waals surface area contributed by atoms with Crippen molar-refractivity contribution in [3.63, 3.8) is 0 Å². The van der Waals surface area contributed by atoms with Crippen LogP contribution in [0.5, 0.6) is 0 Å². The van der Waals surface area contributed by atoms with E-state index in [4.69, 9.17) is 0 Å². The van der Waals surface area contributed by atoms with Crippen LogP contribution in [0.25, 0.3) is 10.8 Å². The van der Waals surface area contributed by atoms with Crippen molar-refractivity contribution in [3.05, 3.63) is 47.5 Å². The topological polar surface area (TPSA) is 104 Å². The van der Waals surface area contributed by atoms with Gasteiger partial charge in [-0.05, 0) is 36.3 Å². The second-order valence-electron chi connectivity index (χ2n) is 7.66. The first-order valence-electron chi connectivity index (χ1n) is 9.69. The predicted molar refractivity (Wildman–Crippen MR) is 108 cm³/mol. The van der Waals surface area contributed by atoms with Gasteiger partial charge in [-0.15, -0.1) is 0 Å². The van der Waals surface area contributed by atoms with Gasteiger partial charge < -0.3 is 10.4 Å². The molecule has 152 valence electrons. The van der Waals surface area contributed by atoms with E-state index in [1.54, 1.807) is 24.3 Å². The Hall–Kier alpha value is -3.22. The molecule has 0 bridgehead atoms. The van der Waals surface area contributed by atoms with Gasteiger partial charge >= 0.3 is 5.97 Å². The van der Waals surface area contributed by atoms with E-state index in [0.717, 1.165) is 10.3 Å². The smallest absolute Gasteiger partial charge is 0.326 e. The van der Waals surface area contributed by atoms with Crippen LogP contribution in [0.4, 0.5) is 0 Å². The number of nitrogens with one attached hydrogen (secondary N) is 1. The number of amides is 3. The summed E-state index contributed by atoms with van der Waals surface area (Å²) in [4.78, 5) is 50.2. The highest BCUT2D eigenvalue weighted by Crippen LogP contribution is 2.30. The van der Waals surface area contributed by atoms with Gasteiger partial charge in [0.05, 0.1) is 0 Å². The van der Waals surface area contributed by atoms with Crippen molar-refractivity contribution in [1.29, 1.82) is 0 Å². The molecular formula is C22H24N2O5. The molecule has 0 saturated heterocycles. The van der Waals surface area contributed by atoms with E-state index in [-0.39, 0.29) is 37.1 Å². The summed E-state index contributed by atoms with van der Waals surface area (Å²) in [5.41, 5.74) is 0.954. The average molecular weight is 396 g/mol. The Morgan fingerprint density at radius 3 is 2.14 bits per heavy atom. The molecule has 7 nitrogen and oxygen atoms in total. The summed E-state index contributed by atoms with van der Waals surface area (Å²) in [6.07, 6.45) is 0.630. The maximum Gasteiger partial charge on any atom is 0.326 e. The van der Waals surface area contributed by atoms with E-state index in [1.807, 2.05) is 26.0 Å². The summed E-state index contributed by atoms with van der Waals surface area (Å²) in [5, 5.41) is 13.2. The lowest BCUT2D eigenvalue weighted by Crippen LogP contribution is -2.43. The highest BCUT2D eigenvalue weighted by Gasteiger charge is 2.32. The Balaban J connectivity index is 1.64. The van der Waals surface area contributed by atoms with Crippen molar-refractivity contribution in [2.24, 2.45) is 5.92 Å². The molecule has 2 aromatic rings. The van der Waals surface area contributed by atoms with Crippen molar-refractivity contribution in [3.8, 4) is 0 Å². The first-order chi connectivity index (χ1) is 13.8. The zero-order valence-corrected chi connectivity index (χ0v) is 16.5. The Bertz CT molecular complexity index is 932. The number of benzene rings is 2. The summed E-state index contributed by atoms with van der Waals surface area (Å²) >= 11 is 0. The number of aliphatic carboxylic acids is 1. The van der Waals surface area contributed by atoms with Crippen LogP contribution in [0.3, 0.4) is 0 Å². The largest absolute Gasteiger partial charge is 0.480 e. The fourth-order valence-electron chi connectivity index (χ4n) is 3.64. The van der Waals surface area contributed by atoms with Crippen LogP contribution in [0, 0.1) is 5.92 Å². The van der Waals surface area contributed by atoms with E-state index in [9.17, 15) is 24.3 Å². The summed E-state index contributed by atoms with van der Waals surface area (Å²) in [6.45, 7) is 3.86. The minimum atomic E-state index is -1.07. The number of carboxylic acids is 1. The highest BCUT2D eigenvalue weighted by atomic mass is 16.4. The molecular weight excluding hydrogens is 372 g/mol. The normalized spacial score (nSPS) is 14.4. The standard InChI is InChI=1S/C22H24N2O5/c1-13(2)12-17(22(28)29)23-18(25)10-5-11-24-20(26)15-8-3-6-14-7-4-9-16(19(14)15)21(24)27/h3-4,6-9,13,17H,5,10-12H2,1-2H3,(H,23,25)(H,28,29). The lowest BCUT2D eigenvalue weighted by molar-refractivity contribution is -0.142. The molecule has 2 N–H and O–H groups in total. The van der Waals surface area contributed by atoms with Crippen molar-refractivity contribution < 1.29 is 24.3 Å². The van der Waals surface area contributed by atoms with Crippen LogP contribution in [-0.2, 0) is 9.59 Å². The molecule has 0 spiro atoms. The highest BCUT2D eigenvalue weighted by molar-refractivity contribution is 6.25. The molecule has 1 atom stereocenters. The Morgan fingerprint density at radius 1 is 1.03 bits per heavy atom. The van der Waals surface area contributed by atoms with Gasteiger partial charge in [0.25, 0.3) is 11.8 Å². The van der Waals surface area contributed by atoms with Crippen LogP contribution in [-0.4, -0.2) is 46.3 Å². The zero-order chi connectivity index (χ0) is 21.1. The SMILES string of the molecule is CC(C)CC(NC(=O)CCCN1C(=O)c2cccc3cccc(c23)C1=O)C(=O)O. The van der Waals surface area contributed by atoms with Crippen LogP contribution >= 0.6 is 0 Å². The van der Waals surface area contributed by atoms with Crippen LogP contribution in [0.15, 0.2) is 36.4 Å². The molecule has 0 aromatic heterocycles. The zero-order valence-electron chi connectivity index (χ0n) is 16.5. The fourth-order valence-corrected chi connectivity index (χ4v) is 3.64. The van der Waals surface area contributed by atoms with Crippen molar-refractivity contribution in [2.45, 2.75) is 39.2 Å². The lowest BCUT2D eigenvalue weighted by atomic mass is 9.94. The Labute approximate surface area is 168 Å². The minimum absolute atomic E-state index is 0.0325. The maximum atomic E-state index is 12.8. The Kier molecular flexibility index (Phi) is 5.96. The second kappa shape index (κ2) is 8.43. The van der Waals surface area contributed by atoms with E-state index >= 15 is 0 Å². The summed E-state index contributed by atoms with van der Waals surface area (Å²) in [7, 11) is 0. The van der Waals surface area contributed by atoms with E-state index in [1.165, 1.54) is 0 Å². The molecule has 1 heterocycles. The molecule has 7 heteroatoms. The summed E-state index contributed by atoms with van der Waals surface area (Å²) in [6, 6.07) is 9.74. The summed E-state index contributed by atoms with van der Waals surface area (Å²) < 4.78 is 0. The molecule has 29 heavy (non-hydrogen) atoms. The number of carbonyl (C=O) groups is 4. The quantitative estimate of drug-likeness (QED) is 0.668. The predicted octanol–water partition coefficient (Wildman–Crippen LogP) is 2.83. The first-order valence-corrected chi connectivity index (χ1v) is 9.69. The molecule has 0 fully saturated rings. The van der Waals surface area contributed by atoms with Gasteiger partial charge in [-0.1, -0.05) is 38.1 Å². The molecule has 0 aliphatic carbocycles. The third kappa shape index (κ3) is 4.29. The third-order valence-corrected chi connectivity index (χ3v) is 4.98.